The zero-order chi connectivity index (χ0) is 13.0. The molecule has 0 atom stereocenters. The molecule has 0 amide bonds. The fourth-order valence-corrected chi connectivity index (χ4v) is 0.897. The van der Waals surface area contributed by atoms with Crippen molar-refractivity contribution >= 4 is 5.78 Å². The predicted octanol–water partition coefficient (Wildman–Crippen LogP) is 2.87. The summed E-state index contributed by atoms with van der Waals surface area (Å²) in [5.41, 5.74) is 0. The van der Waals surface area contributed by atoms with E-state index in [9.17, 15) is 31.1 Å². The Morgan fingerprint density at radius 2 is 1.56 bits per heavy atom. The fourth-order valence-electron chi connectivity index (χ4n) is 0.897. The number of rotatable bonds is 5. The molecule has 0 N–H and O–H groups in total. The van der Waals surface area contributed by atoms with E-state index in [1.165, 1.54) is 6.92 Å². The topological polar surface area (TPSA) is 26.3 Å². The predicted molar refractivity (Wildman–Crippen MR) is 41.8 cm³/mol. The minimum Gasteiger partial charge on any atom is -0.361 e. The first-order chi connectivity index (χ1) is 7.05. The second kappa shape index (κ2) is 5.51. The monoisotopic (exact) mass is 252 g/mol. The van der Waals surface area contributed by atoms with Crippen molar-refractivity contribution in [2.24, 2.45) is 0 Å². The lowest BCUT2D eigenvalue weighted by molar-refractivity contribution is -0.321. The molecule has 0 aromatic heterocycles. The summed E-state index contributed by atoms with van der Waals surface area (Å²) in [5, 5.41) is 0. The maximum atomic E-state index is 11.9. The first kappa shape index (κ1) is 15.2. The van der Waals surface area contributed by atoms with Gasteiger partial charge in [0.2, 0.25) is 6.10 Å². The van der Waals surface area contributed by atoms with Crippen molar-refractivity contribution in [2.45, 2.75) is 38.2 Å². The highest BCUT2D eigenvalue weighted by Crippen LogP contribution is 2.35. The number of carbonyl (C=O) groups excluding carboxylic acids is 1. The zero-order valence-corrected chi connectivity index (χ0v) is 8.28. The molecule has 0 unspecified atom stereocenters. The van der Waals surface area contributed by atoms with E-state index in [2.05, 4.69) is 4.74 Å². The Labute approximate surface area is 87.6 Å². The SMILES string of the molecule is CC(=O)CCCOC(C(F)(F)F)C(F)(F)F. The molecule has 0 heterocycles. The number of ketones is 1. The molecule has 16 heavy (non-hydrogen) atoms. The highest BCUT2D eigenvalue weighted by atomic mass is 19.4. The largest absolute Gasteiger partial charge is 0.423 e. The molecule has 0 aliphatic carbocycles. The van der Waals surface area contributed by atoms with Crippen LogP contribution >= 0.6 is 0 Å². The summed E-state index contributed by atoms with van der Waals surface area (Å²) in [6.45, 7) is 0.425. The highest BCUT2D eigenvalue weighted by Gasteiger charge is 2.57. The van der Waals surface area contributed by atoms with Crippen LogP contribution in [0.2, 0.25) is 0 Å². The van der Waals surface area contributed by atoms with Crippen LogP contribution in [0.15, 0.2) is 0 Å². The summed E-state index contributed by atoms with van der Waals surface area (Å²) >= 11 is 0. The van der Waals surface area contributed by atoms with Gasteiger partial charge in [0.05, 0.1) is 0 Å². The van der Waals surface area contributed by atoms with Gasteiger partial charge in [0.1, 0.15) is 5.78 Å². The zero-order valence-electron chi connectivity index (χ0n) is 8.28. The van der Waals surface area contributed by atoms with Crippen LogP contribution in [-0.4, -0.2) is 30.8 Å². The van der Waals surface area contributed by atoms with Crippen molar-refractivity contribution in [3.8, 4) is 0 Å². The first-order valence-electron chi connectivity index (χ1n) is 4.29. The number of Topliss-reactive ketones (excluding diaryl/α,β-unsaturated/α-hetero) is 1. The van der Waals surface area contributed by atoms with Crippen molar-refractivity contribution < 1.29 is 35.9 Å². The van der Waals surface area contributed by atoms with Crippen LogP contribution in [0.5, 0.6) is 0 Å². The number of ether oxygens (including phenoxy) is 1. The van der Waals surface area contributed by atoms with Crippen molar-refractivity contribution in [3.63, 3.8) is 0 Å². The normalized spacial score (nSPS) is 13.2. The molecule has 0 aromatic rings. The van der Waals surface area contributed by atoms with Crippen LogP contribution < -0.4 is 0 Å². The first-order valence-corrected chi connectivity index (χ1v) is 4.29. The van der Waals surface area contributed by atoms with E-state index in [0.717, 1.165) is 0 Å². The quantitative estimate of drug-likeness (QED) is 0.555. The molecule has 0 radical (unpaired) electrons. The smallest absolute Gasteiger partial charge is 0.361 e. The lowest BCUT2D eigenvalue weighted by Gasteiger charge is -2.22. The van der Waals surface area contributed by atoms with Gasteiger partial charge in [-0.05, 0) is 13.3 Å². The maximum Gasteiger partial charge on any atom is 0.423 e. The molecule has 96 valence electrons. The summed E-state index contributed by atoms with van der Waals surface area (Å²) in [6.07, 6.45) is -15.0. The van der Waals surface area contributed by atoms with E-state index >= 15 is 0 Å². The Morgan fingerprint density at radius 3 is 1.88 bits per heavy atom. The molecular weight excluding hydrogens is 242 g/mol. The average molecular weight is 252 g/mol. The molecular formula is C8H10F6O2. The molecule has 0 aliphatic heterocycles. The van der Waals surface area contributed by atoms with E-state index in [1.54, 1.807) is 0 Å². The molecule has 0 fully saturated rings. The van der Waals surface area contributed by atoms with E-state index in [0.29, 0.717) is 0 Å². The fraction of sp³-hybridized carbons (Fsp3) is 0.875. The van der Waals surface area contributed by atoms with E-state index in [4.69, 9.17) is 0 Å². The van der Waals surface area contributed by atoms with Crippen LogP contribution in [0.4, 0.5) is 26.3 Å². The van der Waals surface area contributed by atoms with Crippen molar-refractivity contribution in [1.82, 2.24) is 0 Å². The van der Waals surface area contributed by atoms with Gasteiger partial charge in [-0.1, -0.05) is 0 Å². The van der Waals surface area contributed by atoms with Crippen molar-refractivity contribution in [3.05, 3.63) is 0 Å². The second-order valence-electron chi connectivity index (χ2n) is 3.14. The van der Waals surface area contributed by atoms with Gasteiger partial charge in [-0.15, -0.1) is 0 Å². The number of hydrogen-bond acceptors (Lipinski definition) is 2. The Hall–Kier alpha value is -0.790. The maximum absolute atomic E-state index is 11.9. The number of carbonyl (C=O) groups is 1. The molecule has 0 spiro atoms. The Balaban J connectivity index is 4.21. The van der Waals surface area contributed by atoms with Gasteiger partial charge in [0, 0.05) is 13.0 Å². The van der Waals surface area contributed by atoms with Gasteiger partial charge >= 0.3 is 12.4 Å². The Morgan fingerprint density at radius 1 is 1.12 bits per heavy atom. The van der Waals surface area contributed by atoms with Crippen LogP contribution in [0.1, 0.15) is 19.8 Å². The number of halogens is 6. The summed E-state index contributed by atoms with van der Waals surface area (Å²) < 4.78 is 75.1. The molecule has 8 heteroatoms. The third kappa shape index (κ3) is 5.94. The summed E-state index contributed by atoms with van der Waals surface area (Å²) in [5.74, 6) is -0.320. The lowest BCUT2D eigenvalue weighted by atomic mass is 10.2. The minimum absolute atomic E-state index is 0.109. The molecule has 0 saturated heterocycles. The molecule has 0 bridgehead atoms. The van der Waals surface area contributed by atoms with Gasteiger partial charge in [-0.2, -0.15) is 26.3 Å². The minimum atomic E-state index is -5.49. The molecule has 0 rings (SSSR count). The van der Waals surface area contributed by atoms with Crippen LogP contribution in [-0.2, 0) is 9.53 Å². The van der Waals surface area contributed by atoms with Gasteiger partial charge in [-0.3, -0.25) is 0 Å². The second-order valence-corrected chi connectivity index (χ2v) is 3.14. The summed E-state index contributed by atoms with van der Waals surface area (Å²) in [6, 6.07) is 0. The number of hydrogen-bond donors (Lipinski definition) is 0. The van der Waals surface area contributed by atoms with Gasteiger partial charge < -0.3 is 9.53 Å². The number of alkyl halides is 6. The highest BCUT2D eigenvalue weighted by molar-refractivity contribution is 5.75. The lowest BCUT2D eigenvalue weighted by Crippen LogP contribution is -2.44. The molecule has 0 aliphatic rings. The molecule has 2 nitrogen and oxygen atoms in total. The summed E-state index contributed by atoms with van der Waals surface area (Å²) in [4.78, 5) is 10.4. The van der Waals surface area contributed by atoms with E-state index < -0.39 is 25.1 Å². The van der Waals surface area contributed by atoms with Crippen LogP contribution in [0, 0.1) is 0 Å². The molecule has 0 saturated carbocycles. The Bertz CT molecular complexity index is 218. The van der Waals surface area contributed by atoms with Gasteiger partial charge in [0.15, 0.2) is 0 Å². The Kier molecular flexibility index (Phi) is 5.24. The third-order valence-electron chi connectivity index (χ3n) is 1.55. The van der Waals surface area contributed by atoms with Crippen molar-refractivity contribution in [2.75, 3.05) is 6.61 Å². The van der Waals surface area contributed by atoms with Gasteiger partial charge in [-0.25, -0.2) is 0 Å². The summed E-state index contributed by atoms with van der Waals surface area (Å²) in [7, 11) is 0. The standard InChI is InChI=1S/C8H10F6O2/c1-5(15)3-2-4-16-6(7(9,10)11)8(12,13)14/h6H,2-4H2,1H3. The third-order valence-corrected chi connectivity index (χ3v) is 1.55. The van der Waals surface area contributed by atoms with Crippen LogP contribution in [0.3, 0.4) is 0 Å². The molecule has 0 aromatic carbocycles. The van der Waals surface area contributed by atoms with E-state index in [-0.39, 0.29) is 18.6 Å². The van der Waals surface area contributed by atoms with Crippen LogP contribution in [0.25, 0.3) is 0 Å². The van der Waals surface area contributed by atoms with Crippen molar-refractivity contribution in [1.29, 1.82) is 0 Å². The average Bonchev–Trinajstić information content (AvgIpc) is 1.97. The van der Waals surface area contributed by atoms with Gasteiger partial charge in [0.25, 0.3) is 0 Å². The van der Waals surface area contributed by atoms with E-state index in [1.807, 2.05) is 0 Å².